The average Bonchev–Trinajstić information content (AvgIpc) is 2.87. The van der Waals surface area contributed by atoms with Crippen molar-refractivity contribution >= 4 is 11.3 Å². The van der Waals surface area contributed by atoms with Gasteiger partial charge in [-0.1, -0.05) is 12.1 Å². The molecule has 1 N–H and O–H groups in total. The van der Waals surface area contributed by atoms with Gasteiger partial charge in [0.05, 0.1) is 7.11 Å². The summed E-state index contributed by atoms with van der Waals surface area (Å²) in [6, 6.07) is 8.49. The fourth-order valence-electron chi connectivity index (χ4n) is 1.70. The van der Waals surface area contributed by atoms with Crippen LogP contribution in [0, 0.1) is 0 Å². The highest BCUT2D eigenvalue weighted by Gasteiger charge is 2.08. The Bertz CT molecular complexity index is 510. The summed E-state index contributed by atoms with van der Waals surface area (Å²) in [6.45, 7) is 2.17. The van der Waals surface area contributed by atoms with Crippen LogP contribution in [0.3, 0.4) is 0 Å². The second kappa shape index (κ2) is 5.98. The fraction of sp³-hybridized carbons (Fsp3) is 0.357. The van der Waals surface area contributed by atoms with Crippen LogP contribution in [0.25, 0.3) is 10.6 Å². The first kappa shape index (κ1) is 13.1. The molecule has 1 atom stereocenters. The van der Waals surface area contributed by atoms with Gasteiger partial charge >= 0.3 is 0 Å². The van der Waals surface area contributed by atoms with Gasteiger partial charge in [0.2, 0.25) is 0 Å². The Balaban J connectivity index is 2.18. The minimum absolute atomic E-state index is 0.476. The standard InChI is InChI=1S/C14H18N2OS/c1-10(15-2)7-13-9-16-14(18-13)11-5-4-6-12(8-11)17-3/h4-6,8-10,15H,7H2,1-3H3. The Hall–Kier alpha value is -1.39. The summed E-state index contributed by atoms with van der Waals surface area (Å²) < 4.78 is 5.23. The molecule has 4 heteroatoms. The van der Waals surface area contributed by atoms with Crippen molar-refractivity contribution in [3.63, 3.8) is 0 Å². The predicted octanol–water partition coefficient (Wildman–Crippen LogP) is 2.97. The number of hydrogen-bond donors (Lipinski definition) is 1. The lowest BCUT2D eigenvalue weighted by Gasteiger charge is -2.06. The molecule has 0 saturated heterocycles. The molecule has 1 aromatic heterocycles. The van der Waals surface area contributed by atoms with Crippen LogP contribution >= 0.6 is 11.3 Å². The van der Waals surface area contributed by atoms with Gasteiger partial charge in [-0.2, -0.15) is 0 Å². The summed E-state index contributed by atoms with van der Waals surface area (Å²) in [5, 5.41) is 4.29. The van der Waals surface area contributed by atoms with E-state index in [1.807, 2.05) is 31.4 Å². The van der Waals surface area contributed by atoms with E-state index >= 15 is 0 Å². The average molecular weight is 262 g/mol. The van der Waals surface area contributed by atoms with E-state index in [0.717, 1.165) is 22.7 Å². The molecule has 3 nitrogen and oxygen atoms in total. The van der Waals surface area contributed by atoms with Gasteiger partial charge in [0.15, 0.2) is 0 Å². The summed E-state index contributed by atoms with van der Waals surface area (Å²) in [5.74, 6) is 0.868. The Labute approximate surface area is 112 Å². The molecule has 0 aliphatic rings. The Kier molecular flexibility index (Phi) is 4.33. The first-order chi connectivity index (χ1) is 8.72. The maximum absolute atomic E-state index is 5.23. The third kappa shape index (κ3) is 3.09. The normalized spacial score (nSPS) is 12.4. The van der Waals surface area contributed by atoms with Crippen molar-refractivity contribution in [2.24, 2.45) is 0 Å². The van der Waals surface area contributed by atoms with Crippen LogP contribution in [-0.4, -0.2) is 25.2 Å². The monoisotopic (exact) mass is 262 g/mol. The molecule has 0 spiro atoms. The van der Waals surface area contributed by atoms with Crippen LogP contribution < -0.4 is 10.1 Å². The Morgan fingerprint density at radius 2 is 2.28 bits per heavy atom. The summed E-state index contributed by atoms with van der Waals surface area (Å²) in [7, 11) is 3.66. The van der Waals surface area contributed by atoms with Gasteiger partial charge in [-0.3, -0.25) is 0 Å². The zero-order valence-corrected chi connectivity index (χ0v) is 11.8. The lowest BCUT2D eigenvalue weighted by molar-refractivity contribution is 0.415. The van der Waals surface area contributed by atoms with Crippen molar-refractivity contribution in [2.75, 3.05) is 14.2 Å². The highest BCUT2D eigenvalue weighted by molar-refractivity contribution is 7.15. The number of ether oxygens (including phenoxy) is 1. The van der Waals surface area contributed by atoms with E-state index in [0.29, 0.717) is 6.04 Å². The molecule has 0 amide bonds. The molecule has 0 radical (unpaired) electrons. The number of hydrogen-bond acceptors (Lipinski definition) is 4. The Morgan fingerprint density at radius 3 is 3.00 bits per heavy atom. The molecular weight excluding hydrogens is 244 g/mol. The van der Waals surface area contributed by atoms with Crippen molar-refractivity contribution in [1.29, 1.82) is 0 Å². The van der Waals surface area contributed by atoms with Gasteiger partial charge in [0.1, 0.15) is 10.8 Å². The minimum Gasteiger partial charge on any atom is -0.497 e. The highest BCUT2D eigenvalue weighted by atomic mass is 32.1. The molecule has 0 saturated carbocycles. The largest absolute Gasteiger partial charge is 0.497 e. The lowest BCUT2D eigenvalue weighted by Crippen LogP contribution is -2.22. The number of thiazole rings is 1. The predicted molar refractivity (Wildman–Crippen MR) is 76.3 cm³/mol. The van der Waals surface area contributed by atoms with Crippen molar-refractivity contribution in [3.05, 3.63) is 35.3 Å². The number of methoxy groups -OCH3 is 1. The molecule has 1 heterocycles. The van der Waals surface area contributed by atoms with Crippen molar-refractivity contribution in [3.8, 4) is 16.3 Å². The van der Waals surface area contributed by atoms with E-state index in [1.165, 1.54) is 4.88 Å². The molecule has 18 heavy (non-hydrogen) atoms. The SMILES string of the molecule is CNC(C)Cc1cnc(-c2cccc(OC)c2)s1. The first-order valence-electron chi connectivity index (χ1n) is 5.99. The van der Waals surface area contributed by atoms with Crippen molar-refractivity contribution < 1.29 is 4.74 Å². The highest BCUT2D eigenvalue weighted by Crippen LogP contribution is 2.28. The van der Waals surface area contributed by atoms with Crippen molar-refractivity contribution in [1.82, 2.24) is 10.3 Å². The third-order valence-electron chi connectivity index (χ3n) is 2.87. The first-order valence-corrected chi connectivity index (χ1v) is 6.81. The summed E-state index contributed by atoms with van der Waals surface area (Å²) in [5.41, 5.74) is 1.11. The molecule has 2 rings (SSSR count). The third-order valence-corrected chi connectivity index (χ3v) is 3.94. The zero-order valence-electron chi connectivity index (χ0n) is 10.9. The summed E-state index contributed by atoms with van der Waals surface area (Å²) in [4.78, 5) is 5.79. The number of nitrogens with one attached hydrogen (secondary N) is 1. The minimum atomic E-state index is 0.476. The summed E-state index contributed by atoms with van der Waals surface area (Å²) >= 11 is 1.74. The lowest BCUT2D eigenvalue weighted by atomic mass is 10.2. The van der Waals surface area contributed by atoms with E-state index in [4.69, 9.17) is 4.74 Å². The van der Waals surface area contributed by atoms with Crippen LogP contribution in [0.5, 0.6) is 5.75 Å². The smallest absolute Gasteiger partial charge is 0.123 e. The molecule has 1 aromatic carbocycles. The number of likely N-dealkylation sites (N-methyl/N-ethyl adjacent to an activating group) is 1. The van der Waals surface area contributed by atoms with Gasteiger partial charge < -0.3 is 10.1 Å². The second-order valence-corrected chi connectivity index (χ2v) is 5.37. The van der Waals surface area contributed by atoms with Gasteiger partial charge in [-0.25, -0.2) is 4.98 Å². The topological polar surface area (TPSA) is 34.2 Å². The van der Waals surface area contributed by atoms with Crippen LogP contribution in [0.2, 0.25) is 0 Å². The van der Waals surface area contributed by atoms with Crippen molar-refractivity contribution in [2.45, 2.75) is 19.4 Å². The molecule has 96 valence electrons. The number of aromatic nitrogens is 1. The maximum Gasteiger partial charge on any atom is 0.123 e. The molecule has 0 aliphatic carbocycles. The molecule has 2 aromatic rings. The number of benzene rings is 1. The maximum atomic E-state index is 5.23. The molecule has 1 unspecified atom stereocenters. The van der Waals surface area contributed by atoms with E-state index in [1.54, 1.807) is 18.4 Å². The second-order valence-electron chi connectivity index (χ2n) is 4.26. The summed E-state index contributed by atoms with van der Waals surface area (Å²) in [6.07, 6.45) is 2.98. The van der Waals surface area contributed by atoms with Crippen LogP contribution in [0.1, 0.15) is 11.8 Å². The number of rotatable bonds is 5. The van der Waals surface area contributed by atoms with E-state index in [2.05, 4.69) is 23.3 Å². The van der Waals surface area contributed by atoms with Crippen LogP contribution in [0.4, 0.5) is 0 Å². The quantitative estimate of drug-likeness (QED) is 0.899. The van der Waals surface area contributed by atoms with E-state index in [9.17, 15) is 0 Å². The van der Waals surface area contributed by atoms with Crippen LogP contribution in [-0.2, 0) is 6.42 Å². The van der Waals surface area contributed by atoms with E-state index in [-0.39, 0.29) is 0 Å². The van der Waals surface area contributed by atoms with Gasteiger partial charge in [0, 0.05) is 22.7 Å². The Morgan fingerprint density at radius 1 is 1.44 bits per heavy atom. The number of nitrogens with zero attached hydrogens (tertiary/aromatic N) is 1. The molecular formula is C14H18N2OS. The zero-order chi connectivity index (χ0) is 13.0. The fourth-order valence-corrected chi connectivity index (χ4v) is 2.73. The molecule has 0 bridgehead atoms. The van der Waals surface area contributed by atoms with E-state index < -0.39 is 0 Å². The van der Waals surface area contributed by atoms with Crippen LogP contribution in [0.15, 0.2) is 30.5 Å². The molecule has 0 fully saturated rings. The van der Waals surface area contributed by atoms with Gasteiger partial charge in [0.25, 0.3) is 0 Å². The van der Waals surface area contributed by atoms with Gasteiger partial charge in [-0.05, 0) is 32.5 Å². The molecule has 0 aliphatic heterocycles. The van der Waals surface area contributed by atoms with Gasteiger partial charge in [-0.15, -0.1) is 11.3 Å².